The van der Waals surface area contributed by atoms with Crippen molar-refractivity contribution in [3.05, 3.63) is 107 Å². The van der Waals surface area contributed by atoms with Crippen molar-refractivity contribution in [1.82, 2.24) is 34.6 Å². The summed E-state index contributed by atoms with van der Waals surface area (Å²) in [5, 5.41) is 0. The molecule has 260 valence electrons. The van der Waals surface area contributed by atoms with Crippen molar-refractivity contribution in [3.8, 4) is 11.8 Å². The molecule has 7 rings (SSSR count). The standard InChI is InChI=1S/C37H43N7O3.2ClH/c1-25(2)47-36-30(35(46-3)40-34(41-36)28-14-15-28)23-42-21-29-22-43(37(45)31-20-38-16-17-39-31)18-19-44(29)32(24-42)33(26-10-6-4-7-11-26)27-12-8-5-9-13-27;;/h4-13,16-17,20,25,28-29,32-33H,14-15,18-19,21-24H2,1-3H3;2*1H/t29-,32?;;/m1../s1. The van der Waals surface area contributed by atoms with Gasteiger partial charge in [0.1, 0.15) is 11.5 Å². The van der Waals surface area contributed by atoms with Gasteiger partial charge in [-0.15, -0.1) is 24.8 Å². The molecule has 49 heavy (non-hydrogen) atoms. The minimum Gasteiger partial charge on any atom is -0.481 e. The first-order valence-electron chi connectivity index (χ1n) is 16.7. The Bertz CT molecular complexity index is 1630. The lowest BCUT2D eigenvalue weighted by molar-refractivity contribution is -0.0294. The lowest BCUT2D eigenvalue weighted by atomic mass is 9.81. The molecule has 2 aromatic carbocycles. The molecule has 0 N–H and O–H groups in total. The zero-order chi connectivity index (χ0) is 32.3. The summed E-state index contributed by atoms with van der Waals surface area (Å²) in [5.74, 6) is 2.43. The van der Waals surface area contributed by atoms with E-state index in [1.165, 1.54) is 11.1 Å². The molecule has 3 fully saturated rings. The van der Waals surface area contributed by atoms with E-state index in [-0.39, 0.29) is 54.8 Å². The molecule has 0 radical (unpaired) electrons. The molecule has 0 spiro atoms. The fourth-order valence-corrected chi connectivity index (χ4v) is 7.18. The summed E-state index contributed by atoms with van der Waals surface area (Å²) in [5.41, 5.74) is 3.81. The van der Waals surface area contributed by atoms with Crippen LogP contribution in [0.4, 0.5) is 0 Å². The van der Waals surface area contributed by atoms with E-state index in [9.17, 15) is 4.79 Å². The Morgan fingerprint density at radius 3 is 2.14 bits per heavy atom. The van der Waals surface area contributed by atoms with Crippen LogP contribution in [0.2, 0.25) is 0 Å². The van der Waals surface area contributed by atoms with E-state index in [0.29, 0.717) is 43.0 Å². The van der Waals surface area contributed by atoms with E-state index in [1.807, 2.05) is 18.7 Å². The number of carbonyl (C=O) groups excluding carboxylic acids is 1. The minimum absolute atomic E-state index is 0. The van der Waals surface area contributed by atoms with Crippen LogP contribution in [-0.4, -0.2) is 98.6 Å². The third-order valence-corrected chi connectivity index (χ3v) is 9.45. The zero-order valence-corrected chi connectivity index (χ0v) is 29.9. The van der Waals surface area contributed by atoms with Crippen molar-refractivity contribution < 1.29 is 14.3 Å². The van der Waals surface area contributed by atoms with E-state index in [0.717, 1.165) is 43.9 Å². The Morgan fingerprint density at radius 2 is 1.55 bits per heavy atom. The average molecular weight is 707 g/mol. The van der Waals surface area contributed by atoms with Gasteiger partial charge in [-0.2, -0.15) is 9.97 Å². The number of hydrogen-bond donors (Lipinski definition) is 0. The summed E-state index contributed by atoms with van der Waals surface area (Å²) in [6.45, 7) is 8.22. The van der Waals surface area contributed by atoms with Crippen molar-refractivity contribution in [2.45, 2.75) is 63.3 Å². The Balaban J connectivity index is 0.00000234. The minimum atomic E-state index is -0.0764. The number of halogens is 2. The highest BCUT2D eigenvalue weighted by Gasteiger charge is 2.44. The third-order valence-electron chi connectivity index (χ3n) is 9.45. The molecule has 1 aliphatic carbocycles. The molecule has 1 amide bonds. The lowest BCUT2D eigenvalue weighted by Gasteiger charge is -2.53. The summed E-state index contributed by atoms with van der Waals surface area (Å²) in [6, 6.07) is 21.9. The second-order valence-corrected chi connectivity index (χ2v) is 13.1. The number of benzene rings is 2. The molecular formula is C37H45Cl2N7O3. The number of piperazine rings is 2. The van der Waals surface area contributed by atoms with Gasteiger partial charge in [0.05, 0.1) is 25.0 Å². The molecule has 2 aliphatic heterocycles. The van der Waals surface area contributed by atoms with Gasteiger partial charge in [0, 0.05) is 75.6 Å². The fourth-order valence-electron chi connectivity index (χ4n) is 7.18. The topological polar surface area (TPSA) is 96.8 Å². The quantitative estimate of drug-likeness (QED) is 0.208. The van der Waals surface area contributed by atoms with Gasteiger partial charge in [-0.25, -0.2) is 4.98 Å². The van der Waals surface area contributed by atoms with Crippen LogP contribution < -0.4 is 9.47 Å². The van der Waals surface area contributed by atoms with Crippen LogP contribution in [0.25, 0.3) is 0 Å². The van der Waals surface area contributed by atoms with E-state index in [2.05, 4.69) is 80.4 Å². The molecule has 1 unspecified atom stereocenters. The number of carbonyl (C=O) groups is 1. The van der Waals surface area contributed by atoms with Crippen LogP contribution in [-0.2, 0) is 6.54 Å². The highest BCUT2D eigenvalue weighted by atomic mass is 35.5. The molecule has 1 saturated carbocycles. The number of ether oxygens (including phenoxy) is 2. The van der Waals surface area contributed by atoms with Crippen molar-refractivity contribution in [1.29, 1.82) is 0 Å². The molecule has 4 heterocycles. The van der Waals surface area contributed by atoms with Crippen molar-refractivity contribution >= 4 is 30.7 Å². The predicted molar refractivity (Wildman–Crippen MR) is 193 cm³/mol. The van der Waals surface area contributed by atoms with Gasteiger partial charge < -0.3 is 14.4 Å². The maximum Gasteiger partial charge on any atom is 0.274 e. The summed E-state index contributed by atoms with van der Waals surface area (Å²) in [6.07, 6.45) is 6.88. The predicted octanol–water partition coefficient (Wildman–Crippen LogP) is 5.63. The molecule has 3 aliphatic rings. The van der Waals surface area contributed by atoms with E-state index in [4.69, 9.17) is 19.4 Å². The van der Waals surface area contributed by atoms with Crippen molar-refractivity contribution in [2.24, 2.45) is 0 Å². The highest BCUT2D eigenvalue weighted by molar-refractivity contribution is 5.92. The van der Waals surface area contributed by atoms with Gasteiger partial charge in [-0.1, -0.05) is 60.7 Å². The van der Waals surface area contributed by atoms with Crippen LogP contribution in [0.15, 0.2) is 79.3 Å². The number of aromatic nitrogens is 4. The fraction of sp³-hybridized carbons (Fsp3) is 0.432. The second-order valence-electron chi connectivity index (χ2n) is 13.1. The van der Waals surface area contributed by atoms with Gasteiger partial charge in [-0.3, -0.25) is 19.6 Å². The summed E-state index contributed by atoms with van der Waals surface area (Å²) in [7, 11) is 1.68. The van der Waals surface area contributed by atoms with Gasteiger partial charge in [0.2, 0.25) is 11.8 Å². The van der Waals surface area contributed by atoms with Gasteiger partial charge >= 0.3 is 0 Å². The Kier molecular flexibility index (Phi) is 12.1. The van der Waals surface area contributed by atoms with Gasteiger partial charge in [0.15, 0.2) is 0 Å². The average Bonchev–Trinajstić information content (AvgIpc) is 3.96. The first kappa shape index (κ1) is 36.5. The molecule has 2 saturated heterocycles. The van der Waals surface area contributed by atoms with Crippen molar-refractivity contribution in [2.75, 3.05) is 39.8 Å². The van der Waals surface area contributed by atoms with Crippen LogP contribution in [0, 0.1) is 0 Å². The monoisotopic (exact) mass is 705 g/mol. The zero-order valence-electron chi connectivity index (χ0n) is 28.2. The maximum absolute atomic E-state index is 13.6. The molecule has 4 aromatic rings. The van der Waals surface area contributed by atoms with E-state index < -0.39 is 0 Å². The molecule has 2 aromatic heterocycles. The van der Waals surface area contributed by atoms with Crippen LogP contribution in [0.5, 0.6) is 11.8 Å². The smallest absolute Gasteiger partial charge is 0.274 e. The number of hydrogen-bond acceptors (Lipinski definition) is 9. The summed E-state index contributed by atoms with van der Waals surface area (Å²) < 4.78 is 12.2. The van der Waals surface area contributed by atoms with Crippen LogP contribution in [0.3, 0.4) is 0 Å². The number of amides is 1. The first-order valence-corrected chi connectivity index (χ1v) is 16.7. The molecule has 12 heteroatoms. The van der Waals surface area contributed by atoms with Crippen LogP contribution >= 0.6 is 24.8 Å². The van der Waals surface area contributed by atoms with E-state index >= 15 is 0 Å². The molecule has 0 bridgehead atoms. The largest absolute Gasteiger partial charge is 0.481 e. The van der Waals surface area contributed by atoms with Crippen molar-refractivity contribution in [3.63, 3.8) is 0 Å². The summed E-state index contributed by atoms with van der Waals surface area (Å²) >= 11 is 0. The Labute approximate surface area is 301 Å². The number of rotatable bonds is 10. The third kappa shape index (κ3) is 8.15. The highest BCUT2D eigenvalue weighted by Crippen LogP contribution is 2.42. The first-order chi connectivity index (χ1) is 23.0. The van der Waals surface area contributed by atoms with E-state index in [1.54, 1.807) is 25.7 Å². The Hall–Kier alpha value is -3.83. The SMILES string of the molecule is COc1nc(C2CC2)nc(OC(C)C)c1CN1CC(C(c2ccccc2)c2ccccc2)N2CCN(C(=O)c3cnccn3)C[C@H]2C1.Cl.Cl. The maximum atomic E-state index is 13.6. The number of fused-ring (bicyclic) bond motifs is 1. The Morgan fingerprint density at radius 1 is 0.878 bits per heavy atom. The number of methoxy groups -OCH3 is 1. The van der Waals surface area contributed by atoms with Gasteiger partial charge in [-0.05, 0) is 37.8 Å². The lowest BCUT2D eigenvalue weighted by Crippen LogP contribution is -2.67. The summed E-state index contributed by atoms with van der Waals surface area (Å²) in [4.78, 5) is 38.9. The normalized spacial score (nSPS) is 19.5. The van der Waals surface area contributed by atoms with Crippen LogP contribution in [0.1, 0.15) is 71.5 Å². The van der Waals surface area contributed by atoms with Gasteiger partial charge in [0.25, 0.3) is 5.91 Å². The number of nitrogens with zero attached hydrogens (tertiary/aromatic N) is 7. The molecule has 2 atom stereocenters. The molecule has 10 nitrogen and oxygen atoms in total. The second kappa shape index (κ2) is 16.3. The molecular weight excluding hydrogens is 661 g/mol.